The van der Waals surface area contributed by atoms with Crippen molar-refractivity contribution >= 4 is 26.7 Å². The molecule has 1 aromatic rings. The first-order valence-corrected chi connectivity index (χ1v) is 9.46. The molecule has 0 radical (unpaired) electrons. The molecule has 0 atom stereocenters. The highest BCUT2D eigenvalue weighted by Crippen LogP contribution is 2.29. The predicted octanol–water partition coefficient (Wildman–Crippen LogP) is 2.46. The summed E-state index contributed by atoms with van der Waals surface area (Å²) < 4.78 is 64.9. The van der Waals surface area contributed by atoms with E-state index in [1.165, 1.54) is 11.5 Å². The number of alkyl halides is 3. The van der Waals surface area contributed by atoms with Crippen LogP contribution in [0.3, 0.4) is 0 Å². The molecule has 1 aliphatic rings. The average molecular weight is 372 g/mol. The number of piperidine rings is 1. The van der Waals surface area contributed by atoms with Gasteiger partial charge in [0.25, 0.3) is 0 Å². The van der Waals surface area contributed by atoms with Crippen molar-refractivity contribution in [2.24, 2.45) is 5.92 Å². The maximum atomic E-state index is 12.5. The highest BCUT2D eigenvalue weighted by Gasteiger charge is 2.50. The molecule has 0 bridgehead atoms. The lowest BCUT2D eigenvalue weighted by atomic mass is 10.1. The summed E-state index contributed by atoms with van der Waals surface area (Å²) in [7, 11) is -5.22. The summed E-state index contributed by atoms with van der Waals surface area (Å²) in [5, 5.41) is 3.75. The molecule has 2 rings (SSSR count). The summed E-state index contributed by atoms with van der Waals surface area (Å²) in [6.07, 6.45) is 1.36. The van der Waals surface area contributed by atoms with Crippen LogP contribution in [0.25, 0.3) is 0 Å². The van der Waals surface area contributed by atoms with E-state index >= 15 is 0 Å². The molecule has 1 fully saturated rings. The summed E-state index contributed by atoms with van der Waals surface area (Å²) in [6.45, 7) is 3.81. The molecular weight excluding hydrogens is 353 g/mol. The Labute approximate surface area is 137 Å². The van der Waals surface area contributed by atoms with Gasteiger partial charge in [-0.2, -0.15) is 21.9 Å². The Balaban J connectivity index is 1.89. The molecule has 1 aliphatic heterocycles. The zero-order valence-electron chi connectivity index (χ0n) is 12.8. The van der Waals surface area contributed by atoms with E-state index in [0.717, 1.165) is 12.2 Å². The first-order chi connectivity index (χ1) is 10.6. The molecule has 2 heterocycles. The van der Waals surface area contributed by atoms with Gasteiger partial charge in [-0.15, -0.1) is 0 Å². The number of halogens is 3. The topological polar surface area (TPSA) is 75.2 Å². The molecule has 23 heavy (non-hydrogen) atoms. The number of sulfonamides is 1. The Kier molecular flexibility index (Phi) is 5.52. The van der Waals surface area contributed by atoms with Crippen molar-refractivity contribution in [3.63, 3.8) is 0 Å². The Bertz CT molecular complexity index is 622. The Morgan fingerprint density at radius 2 is 1.96 bits per heavy atom. The molecule has 132 valence electrons. The third-order valence-corrected chi connectivity index (χ3v) is 5.79. The lowest BCUT2D eigenvalue weighted by Gasteiger charge is -2.31. The van der Waals surface area contributed by atoms with E-state index in [2.05, 4.69) is 28.5 Å². The SMILES string of the molecule is CC(C)Cc1nsc(NC2CCN(S(=O)(=O)C(F)(F)F)CC2)n1. The van der Waals surface area contributed by atoms with E-state index in [4.69, 9.17) is 0 Å². The van der Waals surface area contributed by atoms with Crippen molar-refractivity contribution in [1.29, 1.82) is 0 Å². The van der Waals surface area contributed by atoms with E-state index in [1.54, 1.807) is 0 Å². The average Bonchev–Trinajstić information content (AvgIpc) is 2.84. The number of aromatic nitrogens is 2. The van der Waals surface area contributed by atoms with Crippen LogP contribution in [0, 0.1) is 5.92 Å². The first kappa shape index (κ1) is 18.4. The van der Waals surface area contributed by atoms with Crippen LogP contribution < -0.4 is 5.32 Å². The summed E-state index contributed by atoms with van der Waals surface area (Å²) in [4.78, 5) is 4.34. The van der Waals surface area contributed by atoms with Gasteiger partial charge in [0, 0.05) is 37.1 Å². The summed E-state index contributed by atoms with van der Waals surface area (Å²) in [5.41, 5.74) is -5.24. The molecule has 0 saturated carbocycles. The number of rotatable bonds is 5. The molecule has 1 aromatic heterocycles. The molecule has 1 N–H and O–H groups in total. The Morgan fingerprint density at radius 1 is 1.35 bits per heavy atom. The second-order valence-corrected chi connectivity index (χ2v) is 8.56. The van der Waals surface area contributed by atoms with Crippen LogP contribution in [0.1, 0.15) is 32.5 Å². The van der Waals surface area contributed by atoms with Crippen molar-refractivity contribution in [1.82, 2.24) is 13.7 Å². The largest absolute Gasteiger partial charge is 0.511 e. The van der Waals surface area contributed by atoms with Gasteiger partial charge in [0.1, 0.15) is 5.82 Å². The van der Waals surface area contributed by atoms with Gasteiger partial charge >= 0.3 is 15.5 Å². The van der Waals surface area contributed by atoms with Gasteiger partial charge in [0.05, 0.1) is 0 Å². The predicted molar refractivity (Wildman–Crippen MR) is 81.6 cm³/mol. The highest BCUT2D eigenvalue weighted by molar-refractivity contribution is 7.90. The molecule has 0 aromatic carbocycles. The van der Waals surface area contributed by atoms with Crippen LogP contribution in [0.2, 0.25) is 0 Å². The van der Waals surface area contributed by atoms with E-state index in [0.29, 0.717) is 28.2 Å². The fourth-order valence-electron chi connectivity index (χ4n) is 2.32. The third-order valence-electron chi connectivity index (χ3n) is 3.47. The van der Waals surface area contributed by atoms with Crippen LogP contribution in [0.15, 0.2) is 0 Å². The number of nitrogens with zero attached hydrogens (tertiary/aromatic N) is 3. The van der Waals surface area contributed by atoms with Gasteiger partial charge < -0.3 is 5.32 Å². The van der Waals surface area contributed by atoms with Crippen LogP contribution in [-0.4, -0.2) is 46.7 Å². The molecule has 0 spiro atoms. The normalized spacial score (nSPS) is 18.5. The third kappa shape index (κ3) is 4.54. The van der Waals surface area contributed by atoms with Crippen LogP contribution in [0.5, 0.6) is 0 Å². The van der Waals surface area contributed by atoms with Gasteiger partial charge in [-0.25, -0.2) is 13.4 Å². The molecule has 0 amide bonds. The Morgan fingerprint density at radius 3 is 2.48 bits per heavy atom. The van der Waals surface area contributed by atoms with Gasteiger partial charge in [0.2, 0.25) is 5.13 Å². The van der Waals surface area contributed by atoms with Crippen molar-refractivity contribution in [2.75, 3.05) is 18.4 Å². The standard InChI is InChI=1S/C12H19F3N4O2S2/c1-8(2)7-10-17-11(22-18-10)16-9-3-5-19(6-4-9)23(20,21)12(13,14)15/h8-9H,3-7H2,1-2H3,(H,16,17,18). The monoisotopic (exact) mass is 372 g/mol. The maximum Gasteiger partial charge on any atom is 0.511 e. The summed E-state index contributed by atoms with van der Waals surface area (Å²) in [6, 6.07) is -0.102. The minimum atomic E-state index is -5.24. The zero-order valence-corrected chi connectivity index (χ0v) is 14.4. The second-order valence-electron chi connectivity index (χ2n) is 5.88. The molecule has 0 aliphatic carbocycles. The number of nitrogens with one attached hydrogen (secondary N) is 1. The van der Waals surface area contributed by atoms with Crippen molar-refractivity contribution < 1.29 is 21.6 Å². The number of hydrogen-bond donors (Lipinski definition) is 1. The van der Waals surface area contributed by atoms with Gasteiger partial charge in [-0.3, -0.25) is 0 Å². The number of hydrogen-bond acceptors (Lipinski definition) is 6. The fraction of sp³-hybridized carbons (Fsp3) is 0.833. The lowest BCUT2D eigenvalue weighted by Crippen LogP contribution is -2.47. The van der Waals surface area contributed by atoms with E-state index in [1.807, 2.05) is 0 Å². The van der Waals surface area contributed by atoms with Crippen molar-refractivity contribution in [2.45, 2.75) is 44.7 Å². The molecule has 6 nitrogen and oxygen atoms in total. The van der Waals surface area contributed by atoms with Crippen molar-refractivity contribution in [3.8, 4) is 0 Å². The van der Waals surface area contributed by atoms with Gasteiger partial charge in [-0.1, -0.05) is 13.8 Å². The van der Waals surface area contributed by atoms with Gasteiger partial charge in [-0.05, 0) is 18.8 Å². The molecule has 11 heteroatoms. The molecule has 0 unspecified atom stereocenters. The summed E-state index contributed by atoms with van der Waals surface area (Å²) >= 11 is 1.21. The van der Waals surface area contributed by atoms with Crippen LogP contribution in [-0.2, 0) is 16.4 Å². The van der Waals surface area contributed by atoms with Crippen LogP contribution in [0.4, 0.5) is 18.3 Å². The smallest absolute Gasteiger partial charge is 0.357 e. The zero-order chi connectivity index (χ0) is 17.3. The van der Waals surface area contributed by atoms with Crippen molar-refractivity contribution in [3.05, 3.63) is 5.82 Å². The van der Waals surface area contributed by atoms with Gasteiger partial charge in [0.15, 0.2) is 0 Å². The maximum absolute atomic E-state index is 12.5. The van der Waals surface area contributed by atoms with E-state index < -0.39 is 15.5 Å². The van der Waals surface area contributed by atoms with E-state index in [9.17, 15) is 21.6 Å². The van der Waals surface area contributed by atoms with E-state index in [-0.39, 0.29) is 19.1 Å². The minimum Gasteiger partial charge on any atom is -0.357 e. The first-order valence-electron chi connectivity index (χ1n) is 7.25. The Hall–Kier alpha value is -0.940. The quantitative estimate of drug-likeness (QED) is 0.859. The minimum absolute atomic E-state index is 0.102. The van der Waals surface area contributed by atoms with Crippen LogP contribution >= 0.6 is 11.5 Å². The fourth-order valence-corrected chi connectivity index (χ4v) is 3.98. The summed E-state index contributed by atoms with van der Waals surface area (Å²) in [5.74, 6) is 1.18. The lowest BCUT2D eigenvalue weighted by molar-refractivity contribution is -0.0494. The highest BCUT2D eigenvalue weighted by atomic mass is 32.2. The molecular formula is C12H19F3N4O2S2. The number of anilines is 1. The molecule has 1 saturated heterocycles. The second kappa shape index (κ2) is 6.89.